The highest BCUT2D eigenvalue weighted by Crippen LogP contribution is 2.53. The van der Waals surface area contributed by atoms with Gasteiger partial charge in [0.2, 0.25) is 6.79 Å². The van der Waals surface area contributed by atoms with Gasteiger partial charge < -0.3 is 28.6 Å². The summed E-state index contributed by atoms with van der Waals surface area (Å²) in [5.41, 5.74) is 5.33. The van der Waals surface area contributed by atoms with Crippen LogP contribution in [-0.4, -0.2) is 27.6 Å². The van der Waals surface area contributed by atoms with Crippen LogP contribution in [0.4, 0.5) is 5.69 Å². The molecule has 1 atom stereocenters. The van der Waals surface area contributed by atoms with E-state index >= 15 is 0 Å². The van der Waals surface area contributed by atoms with Crippen LogP contribution in [0, 0.1) is 0 Å². The fourth-order valence-corrected chi connectivity index (χ4v) is 5.06. The number of nitrogens with zero attached hydrogens (tertiary/aromatic N) is 1. The van der Waals surface area contributed by atoms with Gasteiger partial charge in [-0.1, -0.05) is 42.5 Å². The maximum Gasteiger partial charge on any atom is 0.231 e. The summed E-state index contributed by atoms with van der Waals surface area (Å²) in [5, 5.41) is 2.18. The minimum Gasteiger partial charge on any atom is -0.493 e. The monoisotopic (exact) mass is 469 g/mol. The Bertz CT molecular complexity index is 1400. The zero-order valence-electron chi connectivity index (χ0n) is 20.0. The Morgan fingerprint density at radius 1 is 0.943 bits per heavy atom. The van der Waals surface area contributed by atoms with E-state index < -0.39 is 0 Å². The first-order chi connectivity index (χ1) is 17.2. The molecule has 4 aromatic rings. The fourth-order valence-electron chi connectivity index (χ4n) is 5.06. The number of anilines is 1. The van der Waals surface area contributed by atoms with Crippen LogP contribution < -0.4 is 23.8 Å². The Labute approximate surface area is 204 Å². The van der Waals surface area contributed by atoms with Crippen molar-refractivity contribution in [2.24, 2.45) is 0 Å². The average molecular weight is 470 g/mol. The second kappa shape index (κ2) is 8.71. The first-order valence-corrected chi connectivity index (χ1v) is 11.8. The molecule has 0 aliphatic carbocycles. The summed E-state index contributed by atoms with van der Waals surface area (Å²) in [6.45, 7) is 3.24. The van der Waals surface area contributed by atoms with Gasteiger partial charge in [-0.05, 0) is 47.7 Å². The van der Waals surface area contributed by atoms with Crippen molar-refractivity contribution < 1.29 is 23.7 Å². The lowest BCUT2D eigenvalue weighted by Crippen LogP contribution is -2.31. The largest absolute Gasteiger partial charge is 0.493 e. The molecule has 0 N–H and O–H groups in total. The van der Waals surface area contributed by atoms with Gasteiger partial charge in [0.15, 0.2) is 29.2 Å². The summed E-state index contributed by atoms with van der Waals surface area (Å²) in [6.07, 6.45) is -0.348. The predicted molar refractivity (Wildman–Crippen MR) is 136 cm³/mol. The van der Waals surface area contributed by atoms with E-state index in [0.29, 0.717) is 24.7 Å². The van der Waals surface area contributed by atoms with Gasteiger partial charge in [0.05, 0.1) is 18.4 Å². The molecule has 6 rings (SSSR count). The van der Waals surface area contributed by atoms with Crippen LogP contribution in [0.5, 0.6) is 23.0 Å². The average Bonchev–Trinajstić information content (AvgIpc) is 3.35. The fraction of sp³-hybridized carbons (Fsp3) is 0.241. The highest BCUT2D eigenvalue weighted by Gasteiger charge is 2.35. The van der Waals surface area contributed by atoms with Crippen LogP contribution in [0.2, 0.25) is 0 Å². The van der Waals surface area contributed by atoms with Crippen molar-refractivity contribution in [1.82, 2.24) is 0 Å². The van der Waals surface area contributed by atoms with Gasteiger partial charge in [-0.2, -0.15) is 0 Å². The van der Waals surface area contributed by atoms with Crippen molar-refractivity contribution in [3.63, 3.8) is 0 Å². The molecule has 0 bridgehead atoms. The second-order valence-corrected chi connectivity index (χ2v) is 8.64. The Kier molecular flexibility index (Phi) is 5.38. The second-order valence-electron chi connectivity index (χ2n) is 8.64. The summed E-state index contributed by atoms with van der Waals surface area (Å²) in [6, 6.07) is 22.6. The molecule has 2 aliphatic heterocycles. The molecule has 0 fully saturated rings. The summed E-state index contributed by atoms with van der Waals surface area (Å²) in [7, 11) is 3.73. The van der Waals surface area contributed by atoms with Crippen LogP contribution in [0.1, 0.15) is 24.3 Å². The van der Waals surface area contributed by atoms with E-state index in [4.69, 9.17) is 23.7 Å². The van der Waals surface area contributed by atoms with Crippen molar-refractivity contribution in [3.05, 3.63) is 77.9 Å². The zero-order chi connectivity index (χ0) is 23.9. The zero-order valence-corrected chi connectivity index (χ0v) is 20.0. The third-order valence-corrected chi connectivity index (χ3v) is 6.66. The smallest absolute Gasteiger partial charge is 0.231 e. The molecule has 6 nitrogen and oxygen atoms in total. The molecule has 178 valence electrons. The van der Waals surface area contributed by atoms with Gasteiger partial charge in [-0.25, -0.2) is 0 Å². The molecule has 0 saturated carbocycles. The van der Waals surface area contributed by atoms with Gasteiger partial charge in [-0.3, -0.25) is 0 Å². The molecule has 0 aromatic heterocycles. The van der Waals surface area contributed by atoms with Crippen molar-refractivity contribution in [1.29, 1.82) is 0 Å². The number of ether oxygens (including phenoxy) is 5. The van der Waals surface area contributed by atoms with E-state index in [9.17, 15) is 0 Å². The van der Waals surface area contributed by atoms with Gasteiger partial charge >= 0.3 is 0 Å². The van der Waals surface area contributed by atoms with Crippen LogP contribution in [-0.2, 0) is 11.3 Å². The van der Waals surface area contributed by atoms with E-state index in [0.717, 1.165) is 50.2 Å². The molecular weight excluding hydrogens is 442 g/mol. The lowest BCUT2D eigenvalue weighted by Gasteiger charge is -2.39. The van der Waals surface area contributed by atoms with Crippen molar-refractivity contribution in [2.75, 3.05) is 32.5 Å². The Hall–Kier alpha value is -3.90. The van der Waals surface area contributed by atoms with Gasteiger partial charge in [0, 0.05) is 24.6 Å². The number of rotatable bonds is 6. The van der Waals surface area contributed by atoms with E-state index in [1.54, 1.807) is 7.11 Å². The summed E-state index contributed by atoms with van der Waals surface area (Å²) in [4.78, 5) is 2.18. The number of hydrogen-bond donors (Lipinski definition) is 0. The molecule has 1 unspecified atom stereocenters. The molecule has 2 heterocycles. The van der Waals surface area contributed by atoms with Crippen LogP contribution >= 0.6 is 0 Å². The number of benzene rings is 4. The van der Waals surface area contributed by atoms with Crippen LogP contribution in [0.3, 0.4) is 0 Å². The Balaban J connectivity index is 1.55. The minimum absolute atomic E-state index is 0.246. The van der Waals surface area contributed by atoms with Crippen molar-refractivity contribution in [3.8, 4) is 34.1 Å². The van der Waals surface area contributed by atoms with E-state index in [1.165, 1.54) is 0 Å². The van der Waals surface area contributed by atoms with E-state index in [-0.39, 0.29) is 13.0 Å². The Morgan fingerprint density at radius 3 is 2.49 bits per heavy atom. The maximum atomic E-state index is 6.43. The summed E-state index contributed by atoms with van der Waals surface area (Å²) < 4.78 is 29.8. The first kappa shape index (κ1) is 21.6. The van der Waals surface area contributed by atoms with Gasteiger partial charge in [0.1, 0.15) is 6.61 Å². The van der Waals surface area contributed by atoms with Crippen LogP contribution in [0.25, 0.3) is 21.9 Å². The van der Waals surface area contributed by atoms with Gasteiger partial charge in [0.25, 0.3) is 0 Å². The van der Waals surface area contributed by atoms with Crippen LogP contribution in [0.15, 0.2) is 66.7 Å². The number of hydrogen-bond acceptors (Lipinski definition) is 6. The molecule has 0 amide bonds. The molecule has 35 heavy (non-hydrogen) atoms. The topological polar surface area (TPSA) is 49.4 Å². The lowest BCUT2D eigenvalue weighted by atomic mass is 9.88. The van der Waals surface area contributed by atoms with Gasteiger partial charge in [-0.15, -0.1) is 0 Å². The number of fused-ring (bicyclic) bond motifs is 6. The summed E-state index contributed by atoms with van der Waals surface area (Å²) >= 11 is 0. The van der Waals surface area contributed by atoms with Crippen molar-refractivity contribution >= 4 is 16.5 Å². The Morgan fingerprint density at radius 2 is 1.71 bits per heavy atom. The van der Waals surface area contributed by atoms with Crippen molar-refractivity contribution in [2.45, 2.75) is 19.8 Å². The first-order valence-electron chi connectivity index (χ1n) is 11.8. The van der Waals surface area contributed by atoms with E-state index in [2.05, 4.69) is 48.3 Å². The lowest BCUT2D eigenvalue weighted by molar-refractivity contribution is 0.0600. The highest BCUT2D eigenvalue weighted by molar-refractivity contribution is 6.05. The highest BCUT2D eigenvalue weighted by atomic mass is 16.7. The minimum atomic E-state index is -0.348. The molecular formula is C29H27NO5. The molecule has 2 aliphatic rings. The SMILES string of the molecule is CCOC1c2c(ccc(OC)c2OCc2ccccc2)-c2ccc3cc4c(cc3c2N1C)OCO4. The predicted octanol–water partition coefficient (Wildman–Crippen LogP) is 6.31. The molecule has 0 radical (unpaired) electrons. The maximum absolute atomic E-state index is 6.43. The summed E-state index contributed by atoms with van der Waals surface area (Å²) in [5.74, 6) is 2.93. The van der Waals surface area contributed by atoms with E-state index in [1.807, 2.05) is 37.3 Å². The number of methoxy groups -OCH3 is 1. The quantitative estimate of drug-likeness (QED) is 0.330. The molecule has 6 heteroatoms. The normalized spacial score (nSPS) is 15.6. The molecule has 0 spiro atoms. The standard InChI is InChI=1S/C29H27NO5/c1-4-32-29-26-20(12-13-23(31-3)28(26)33-16-18-8-6-5-7-9-18)21-11-10-19-14-24-25(35-17-34-24)15-22(19)27(21)30(29)2/h5-15,29H,4,16-17H2,1-3H3. The molecule has 4 aromatic carbocycles. The molecule has 0 saturated heterocycles. The third kappa shape index (κ3) is 3.53. The third-order valence-electron chi connectivity index (χ3n) is 6.66.